The predicted molar refractivity (Wildman–Crippen MR) is 81.9 cm³/mol. The van der Waals surface area contributed by atoms with Crippen LogP contribution in [0, 0.1) is 0 Å². The van der Waals surface area contributed by atoms with E-state index in [9.17, 15) is 0 Å². The van der Waals surface area contributed by atoms with Crippen LogP contribution in [-0.4, -0.2) is 19.1 Å². The van der Waals surface area contributed by atoms with E-state index in [1.807, 2.05) is 18.2 Å². The molecule has 4 nitrogen and oxygen atoms in total. The molecule has 0 radical (unpaired) electrons. The third-order valence-electron chi connectivity index (χ3n) is 2.83. The van der Waals surface area contributed by atoms with E-state index in [1.54, 1.807) is 0 Å². The van der Waals surface area contributed by atoms with Gasteiger partial charge in [-0.2, -0.15) is 0 Å². The summed E-state index contributed by atoms with van der Waals surface area (Å²) in [6, 6.07) is 18.5. The zero-order chi connectivity index (χ0) is 14.2. The van der Waals surface area contributed by atoms with Gasteiger partial charge in [0, 0.05) is 0 Å². The highest BCUT2D eigenvalue weighted by molar-refractivity contribution is 5.75. The molecule has 0 aliphatic rings. The maximum absolute atomic E-state index is 5.54. The number of rotatable bonds is 6. The second kappa shape index (κ2) is 7.19. The van der Waals surface area contributed by atoms with Gasteiger partial charge >= 0.3 is 0 Å². The first-order chi connectivity index (χ1) is 9.74. The molecule has 0 unspecified atom stereocenters. The molecule has 0 aromatic heterocycles. The van der Waals surface area contributed by atoms with Crippen molar-refractivity contribution in [1.29, 1.82) is 0 Å². The fraction of sp³-hybridized carbons (Fsp3) is 0.188. The average Bonchev–Trinajstić information content (AvgIpc) is 2.46. The van der Waals surface area contributed by atoms with Gasteiger partial charge in [0.05, 0.1) is 6.54 Å². The molecule has 2 rings (SSSR count). The SMILES string of the molecule is NC(N)=NCCOc1ccc(Cc2ccccc2)cc1. The molecule has 4 heteroatoms. The van der Waals surface area contributed by atoms with Crippen LogP contribution in [0.25, 0.3) is 0 Å². The van der Waals surface area contributed by atoms with E-state index in [0.717, 1.165) is 12.2 Å². The molecule has 2 aromatic rings. The Morgan fingerprint density at radius 3 is 2.20 bits per heavy atom. The highest BCUT2D eigenvalue weighted by atomic mass is 16.5. The molecule has 0 bridgehead atoms. The van der Waals surface area contributed by atoms with Crippen LogP contribution in [0.15, 0.2) is 59.6 Å². The van der Waals surface area contributed by atoms with Crippen LogP contribution in [-0.2, 0) is 6.42 Å². The van der Waals surface area contributed by atoms with E-state index in [-0.39, 0.29) is 5.96 Å². The van der Waals surface area contributed by atoms with Crippen LogP contribution < -0.4 is 16.2 Å². The molecular weight excluding hydrogens is 250 g/mol. The van der Waals surface area contributed by atoms with E-state index in [2.05, 4.69) is 41.4 Å². The minimum Gasteiger partial charge on any atom is -0.492 e. The molecule has 0 atom stereocenters. The monoisotopic (exact) mass is 269 g/mol. The molecule has 0 heterocycles. The number of nitrogens with zero attached hydrogens (tertiary/aromatic N) is 1. The van der Waals surface area contributed by atoms with Gasteiger partial charge in [0.1, 0.15) is 12.4 Å². The fourth-order valence-corrected chi connectivity index (χ4v) is 1.87. The quantitative estimate of drug-likeness (QED) is 0.478. The summed E-state index contributed by atoms with van der Waals surface area (Å²) in [6.45, 7) is 0.935. The number of benzene rings is 2. The van der Waals surface area contributed by atoms with Crippen molar-refractivity contribution >= 4 is 5.96 Å². The fourth-order valence-electron chi connectivity index (χ4n) is 1.87. The summed E-state index contributed by atoms with van der Waals surface area (Å²) in [5, 5.41) is 0. The van der Waals surface area contributed by atoms with Crippen molar-refractivity contribution in [2.45, 2.75) is 6.42 Å². The molecule has 0 aliphatic carbocycles. The number of nitrogens with two attached hydrogens (primary N) is 2. The van der Waals surface area contributed by atoms with Crippen LogP contribution in [0.3, 0.4) is 0 Å². The Morgan fingerprint density at radius 1 is 0.900 bits per heavy atom. The molecule has 104 valence electrons. The highest BCUT2D eigenvalue weighted by Crippen LogP contribution is 2.15. The minimum absolute atomic E-state index is 0.0896. The van der Waals surface area contributed by atoms with Crippen molar-refractivity contribution in [3.05, 3.63) is 65.7 Å². The second-order valence-electron chi connectivity index (χ2n) is 4.46. The predicted octanol–water partition coefficient (Wildman–Crippen LogP) is 1.93. The largest absolute Gasteiger partial charge is 0.492 e. The van der Waals surface area contributed by atoms with E-state index in [0.29, 0.717) is 13.2 Å². The van der Waals surface area contributed by atoms with Crippen LogP contribution in [0.1, 0.15) is 11.1 Å². The van der Waals surface area contributed by atoms with Crippen molar-refractivity contribution in [2.75, 3.05) is 13.2 Å². The average molecular weight is 269 g/mol. The number of hydrogen-bond donors (Lipinski definition) is 2. The van der Waals surface area contributed by atoms with Crippen molar-refractivity contribution in [3.8, 4) is 5.75 Å². The van der Waals surface area contributed by atoms with Crippen LogP contribution in [0.4, 0.5) is 0 Å². The standard InChI is InChI=1S/C16H19N3O/c17-16(18)19-10-11-20-15-8-6-14(7-9-15)12-13-4-2-1-3-5-13/h1-9H,10-12H2,(H4,17,18,19). The molecule has 0 saturated carbocycles. The summed E-state index contributed by atoms with van der Waals surface area (Å²) < 4.78 is 5.54. The summed E-state index contributed by atoms with van der Waals surface area (Å²) in [6.07, 6.45) is 0.926. The highest BCUT2D eigenvalue weighted by Gasteiger charge is 1.97. The Labute approximate surface area is 119 Å². The molecule has 0 saturated heterocycles. The maximum atomic E-state index is 5.54. The van der Waals surface area contributed by atoms with Crippen LogP contribution in [0.5, 0.6) is 5.75 Å². The number of hydrogen-bond acceptors (Lipinski definition) is 2. The zero-order valence-electron chi connectivity index (χ0n) is 11.3. The third kappa shape index (κ3) is 4.65. The summed E-state index contributed by atoms with van der Waals surface area (Å²) in [4.78, 5) is 3.86. The second-order valence-corrected chi connectivity index (χ2v) is 4.46. The first-order valence-corrected chi connectivity index (χ1v) is 6.55. The Kier molecular flexibility index (Phi) is 5.00. The third-order valence-corrected chi connectivity index (χ3v) is 2.83. The molecular formula is C16H19N3O. The van der Waals surface area contributed by atoms with Gasteiger partial charge in [0.25, 0.3) is 0 Å². The zero-order valence-corrected chi connectivity index (χ0v) is 11.3. The maximum Gasteiger partial charge on any atom is 0.186 e. The van der Waals surface area contributed by atoms with Gasteiger partial charge in [-0.15, -0.1) is 0 Å². The molecule has 0 amide bonds. The van der Waals surface area contributed by atoms with E-state index in [4.69, 9.17) is 16.2 Å². The normalized spacial score (nSPS) is 10.0. The van der Waals surface area contributed by atoms with Gasteiger partial charge in [0.15, 0.2) is 5.96 Å². The molecule has 2 aromatic carbocycles. The van der Waals surface area contributed by atoms with Crippen molar-refractivity contribution < 1.29 is 4.74 Å². The first kappa shape index (κ1) is 13.9. The molecule has 0 fully saturated rings. The number of aliphatic imine (C=N–C) groups is 1. The lowest BCUT2D eigenvalue weighted by atomic mass is 10.1. The topological polar surface area (TPSA) is 73.6 Å². The van der Waals surface area contributed by atoms with Crippen LogP contribution >= 0.6 is 0 Å². The summed E-state index contributed by atoms with van der Waals surface area (Å²) in [5.41, 5.74) is 13.0. The molecule has 4 N–H and O–H groups in total. The Morgan fingerprint density at radius 2 is 1.55 bits per heavy atom. The van der Waals surface area contributed by atoms with E-state index in [1.165, 1.54) is 11.1 Å². The van der Waals surface area contributed by atoms with Gasteiger partial charge in [-0.25, -0.2) is 0 Å². The number of ether oxygens (including phenoxy) is 1. The van der Waals surface area contributed by atoms with Gasteiger partial charge < -0.3 is 16.2 Å². The Bertz CT molecular complexity index is 546. The lowest BCUT2D eigenvalue weighted by molar-refractivity contribution is 0.328. The van der Waals surface area contributed by atoms with Gasteiger partial charge in [-0.3, -0.25) is 4.99 Å². The summed E-state index contributed by atoms with van der Waals surface area (Å²) in [7, 11) is 0. The Balaban J connectivity index is 1.85. The number of guanidine groups is 1. The van der Waals surface area contributed by atoms with Crippen LogP contribution in [0.2, 0.25) is 0 Å². The Hall–Kier alpha value is -2.49. The van der Waals surface area contributed by atoms with Crippen molar-refractivity contribution in [2.24, 2.45) is 16.5 Å². The van der Waals surface area contributed by atoms with Gasteiger partial charge in [-0.1, -0.05) is 42.5 Å². The minimum atomic E-state index is 0.0896. The smallest absolute Gasteiger partial charge is 0.186 e. The molecule has 20 heavy (non-hydrogen) atoms. The van der Waals surface area contributed by atoms with Gasteiger partial charge in [-0.05, 0) is 29.7 Å². The molecule has 0 aliphatic heterocycles. The van der Waals surface area contributed by atoms with Crippen molar-refractivity contribution in [3.63, 3.8) is 0 Å². The summed E-state index contributed by atoms with van der Waals surface area (Å²) in [5.74, 6) is 0.916. The lowest BCUT2D eigenvalue weighted by Crippen LogP contribution is -2.23. The molecule has 0 spiro atoms. The first-order valence-electron chi connectivity index (χ1n) is 6.55. The van der Waals surface area contributed by atoms with E-state index >= 15 is 0 Å². The van der Waals surface area contributed by atoms with E-state index < -0.39 is 0 Å². The van der Waals surface area contributed by atoms with Gasteiger partial charge in [0.2, 0.25) is 0 Å². The lowest BCUT2D eigenvalue weighted by Gasteiger charge is -2.06. The summed E-state index contributed by atoms with van der Waals surface area (Å²) >= 11 is 0. The van der Waals surface area contributed by atoms with Crippen molar-refractivity contribution in [1.82, 2.24) is 0 Å².